The molecule has 0 spiro atoms. The van der Waals surface area contributed by atoms with Crippen LogP contribution >= 0.6 is 18.7 Å². The first-order valence-corrected chi connectivity index (χ1v) is 22.7. The molecule has 0 aliphatic carbocycles. The minimum atomic E-state index is -2.57. The van der Waals surface area contributed by atoms with Gasteiger partial charge in [0.05, 0.1) is 31.2 Å². The molecule has 1 atom stereocenters. The van der Waals surface area contributed by atoms with E-state index in [9.17, 15) is 23.7 Å². The topological polar surface area (TPSA) is 175 Å². The van der Waals surface area contributed by atoms with E-state index in [0.717, 1.165) is 38.0 Å². The van der Waals surface area contributed by atoms with Gasteiger partial charge in [0.1, 0.15) is 29.7 Å². The molecule has 2 saturated heterocycles. The summed E-state index contributed by atoms with van der Waals surface area (Å²) in [4.78, 5) is 65.5. The highest BCUT2D eigenvalue weighted by molar-refractivity contribution is 7.70. The number of nitrogens with zero attached hydrogens (tertiary/aromatic N) is 5. The quantitative estimate of drug-likeness (QED) is 0.136. The number of ether oxygens (including phenoxy) is 2. The second-order valence-corrected chi connectivity index (χ2v) is 19.2. The Bertz CT molecular complexity index is 2380. The maximum atomic E-state index is 13.3. The van der Waals surface area contributed by atoms with Crippen molar-refractivity contribution in [1.82, 2.24) is 30.0 Å². The lowest BCUT2D eigenvalue weighted by Crippen LogP contribution is -2.52. The van der Waals surface area contributed by atoms with Crippen molar-refractivity contribution in [3.63, 3.8) is 0 Å². The van der Waals surface area contributed by atoms with Gasteiger partial charge < -0.3 is 34.5 Å². The van der Waals surface area contributed by atoms with E-state index >= 15 is 0 Å². The number of piperidine rings is 2. The molecule has 8 rings (SSSR count). The van der Waals surface area contributed by atoms with Gasteiger partial charge in [-0.15, -0.1) is 0 Å². The minimum Gasteiger partial charge on any atom is -0.495 e. The molecule has 3 aromatic carbocycles. The molecule has 17 heteroatoms. The Labute approximate surface area is 347 Å². The molecular weight excluding hydrogens is 795 g/mol. The Balaban J connectivity index is 0.859. The van der Waals surface area contributed by atoms with Crippen molar-refractivity contribution in [2.24, 2.45) is 0 Å². The molecule has 0 saturated carbocycles. The summed E-state index contributed by atoms with van der Waals surface area (Å²) < 4.78 is 24.8. The highest BCUT2D eigenvalue weighted by atomic mass is 35.5. The molecule has 0 bridgehead atoms. The van der Waals surface area contributed by atoms with Gasteiger partial charge in [0.2, 0.25) is 17.8 Å². The molecule has 4 aliphatic heterocycles. The van der Waals surface area contributed by atoms with E-state index in [0.29, 0.717) is 69.5 Å². The maximum absolute atomic E-state index is 13.3. The zero-order valence-corrected chi connectivity index (χ0v) is 34.8. The Kier molecular flexibility index (Phi) is 11.4. The van der Waals surface area contributed by atoms with Gasteiger partial charge in [-0.3, -0.25) is 29.4 Å². The van der Waals surface area contributed by atoms with Crippen LogP contribution in [0.5, 0.6) is 11.5 Å². The van der Waals surface area contributed by atoms with E-state index in [4.69, 9.17) is 21.1 Å². The molecule has 4 amide bonds. The van der Waals surface area contributed by atoms with Crippen LogP contribution in [0.3, 0.4) is 0 Å². The number of hydrogen-bond acceptors (Lipinski definition) is 12. The summed E-state index contributed by atoms with van der Waals surface area (Å²) in [5.41, 5.74) is 4.86. The number of hydrogen-bond donors (Lipinski definition) is 3. The van der Waals surface area contributed by atoms with E-state index in [1.54, 1.807) is 38.6 Å². The van der Waals surface area contributed by atoms with Gasteiger partial charge in [-0.05, 0) is 86.5 Å². The van der Waals surface area contributed by atoms with Crippen molar-refractivity contribution >= 4 is 70.8 Å². The lowest BCUT2D eigenvalue weighted by atomic mass is 9.94. The van der Waals surface area contributed by atoms with Gasteiger partial charge in [0, 0.05) is 55.1 Å². The van der Waals surface area contributed by atoms with E-state index in [1.807, 2.05) is 29.2 Å². The molecule has 308 valence electrons. The Morgan fingerprint density at radius 3 is 2.49 bits per heavy atom. The summed E-state index contributed by atoms with van der Waals surface area (Å²) in [6.45, 7) is 6.31. The summed E-state index contributed by atoms with van der Waals surface area (Å²) in [7, 11) is -0.939. The number of anilines is 4. The van der Waals surface area contributed by atoms with Gasteiger partial charge in [-0.2, -0.15) is 4.98 Å². The predicted octanol–water partition coefficient (Wildman–Crippen LogP) is 5.06. The van der Waals surface area contributed by atoms with Crippen molar-refractivity contribution in [2.45, 2.75) is 57.3 Å². The second kappa shape index (κ2) is 16.6. The van der Waals surface area contributed by atoms with Crippen LogP contribution < -0.4 is 30.7 Å². The zero-order valence-electron chi connectivity index (χ0n) is 33.1. The number of carbonyl (C=O) groups excluding carboxylic acids is 4. The van der Waals surface area contributed by atoms with Crippen molar-refractivity contribution < 1.29 is 33.2 Å². The first kappa shape index (κ1) is 40.3. The van der Waals surface area contributed by atoms with Gasteiger partial charge in [-0.1, -0.05) is 29.8 Å². The summed E-state index contributed by atoms with van der Waals surface area (Å²) in [5, 5.41) is 9.90. The van der Waals surface area contributed by atoms with Gasteiger partial charge >= 0.3 is 0 Å². The van der Waals surface area contributed by atoms with Crippen LogP contribution in [0.1, 0.15) is 52.7 Å². The highest BCUT2D eigenvalue weighted by Gasteiger charge is 2.40. The summed E-state index contributed by atoms with van der Waals surface area (Å²) >= 11 is 6.49. The molecule has 3 N–H and O–H groups in total. The van der Waals surface area contributed by atoms with E-state index < -0.39 is 19.1 Å². The molecule has 0 radical (unpaired) electrons. The molecule has 1 unspecified atom stereocenters. The van der Waals surface area contributed by atoms with Gasteiger partial charge in [0.15, 0.2) is 12.4 Å². The Morgan fingerprint density at radius 2 is 1.73 bits per heavy atom. The first-order valence-electron chi connectivity index (χ1n) is 19.7. The minimum absolute atomic E-state index is 0.119. The lowest BCUT2D eigenvalue weighted by Gasteiger charge is -2.40. The maximum Gasteiger partial charge on any atom is 0.260 e. The summed E-state index contributed by atoms with van der Waals surface area (Å²) in [6, 6.07) is 16.3. The van der Waals surface area contributed by atoms with Crippen LogP contribution in [-0.4, -0.2) is 107 Å². The normalized spacial score (nSPS) is 18.6. The molecule has 15 nitrogen and oxygen atoms in total. The number of rotatable bonds is 11. The van der Waals surface area contributed by atoms with Crippen LogP contribution in [0.25, 0.3) is 0 Å². The fourth-order valence-corrected chi connectivity index (χ4v) is 9.70. The highest BCUT2D eigenvalue weighted by Crippen LogP contribution is 2.40. The standard InChI is InChI=1S/C42H46ClN8O7P/c1-57-35-20-26-22-50(16-13-25(26)19-32(35)46-42-44-21-30(43)39(48-42)45-31-8-4-5-10-36(31)59(2,3)56)27-14-17-49(18-15-27)38(53)24-58-34-9-6-7-28-29(34)23-51(41(28)55)33-11-12-37(52)47-40(33)54/h4-10,19-21,27,33H,11-18,22-24H2,1-3H3,(H,47,52,54)(H2,44,45,46,48). The number of methoxy groups -OCH3 is 1. The molecule has 1 aromatic heterocycles. The fourth-order valence-electron chi connectivity index (χ4n) is 8.40. The van der Waals surface area contributed by atoms with Crippen LogP contribution in [0.4, 0.5) is 23.1 Å². The van der Waals surface area contributed by atoms with E-state index in [2.05, 4.69) is 43.0 Å². The van der Waals surface area contributed by atoms with Crippen LogP contribution in [-0.2, 0) is 38.5 Å². The average molecular weight is 841 g/mol. The third-order valence-electron chi connectivity index (χ3n) is 11.5. The van der Waals surface area contributed by atoms with Crippen molar-refractivity contribution in [3.05, 3.63) is 88.1 Å². The first-order chi connectivity index (χ1) is 28.4. The van der Waals surface area contributed by atoms with Crippen molar-refractivity contribution in [1.29, 1.82) is 0 Å². The van der Waals surface area contributed by atoms with Crippen molar-refractivity contribution in [2.75, 3.05) is 57.3 Å². The monoisotopic (exact) mass is 840 g/mol. The van der Waals surface area contributed by atoms with Gasteiger partial charge in [-0.25, -0.2) is 4.98 Å². The smallest absolute Gasteiger partial charge is 0.260 e. The Hall–Kier alpha value is -5.50. The molecule has 4 aliphatic rings. The molecular formula is C42H46ClN8O7P. The van der Waals surface area contributed by atoms with Gasteiger partial charge in [0.25, 0.3) is 11.8 Å². The van der Waals surface area contributed by atoms with Crippen LogP contribution in [0, 0.1) is 0 Å². The summed E-state index contributed by atoms with van der Waals surface area (Å²) in [5.74, 6) is 0.590. The lowest BCUT2D eigenvalue weighted by molar-refractivity contribution is -0.137. The molecule has 5 heterocycles. The molecule has 59 heavy (non-hydrogen) atoms. The third kappa shape index (κ3) is 8.50. The largest absolute Gasteiger partial charge is 0.495 e. The van der Waals surface area contributed by atoms with Crippen LogP contribution in [0.2, 0.25) is 5.02 Å². The number of para-hydroxylation sites is 1. The molecule has 2 fully saturated rings. The number of benzene rings is 3. The third-order valence-corrected chi connectivity index (χ3v) is 13.3. The number of amides is 4. The Morgan fingerprint density at radius 1 is 0.932 bits per heavy atom. The fraction of sp³-hybridized carbons (Fsp3) is 0.381. The van der Waals surface area contributed by atoms with E-state index in [1.165, 1.54) is 22.2 Å². The zero-order chi connectivity index (χ0) is 41.4. The van der Waals surface area contributed by atoms with Crippen LogP contribution in [0.15, 0.2) is 60.8 Å². The number of likely N-dealkylation sites (tertiary alicyclic amines) is 1. The number of imide groups is 1. The second-order valence-electron chi connectivity index (χ2n) is 15.6. The number of carbonyl (C=O) groups is 4. The van der Waals surface area contributed by atoms with E-state index in [-0.39, 0.29) is 43.7 Å². The number of fused-ring (bicyclic) bond motifs is 2. The summed E-state index contributed by atoms with van der Waals surface area (Å²) in [6.07, 6.45) is 4.47. The number of aromatic nitrogens is 2. The molecule has 4 aromatic rings. The predicted molar refractivity (Wildman–Crippen MR) is 224 cm³/mol. The number of halogens is 1. The van der Waals surface area contributed by atoms with Crippen molar-refractivity contribution in [3.8, 4) is 11.5 Å². The SMILES string of the molecule is COc1cc2c(cc1Nc1ncc(Cl)c(Nc3ccccc3P(C)(C)=O)n1)CCN(C1CCN(C(=O)COc3cccc4c3CN(C3CCC(=O)NC3=O)C4=O)CC1)C2. The average Bonchev–Trinajstić information content (AvgIpc) is 3.56. The number of nitrogens with one attached hydrogen (secondary N) is 3.